The van der Waals surface area contributed by atoms with E-state index in [1.54, 1.807) is 0 Å². The molecule has 5 heteroatoms. The van der Waals surface area contributed by atoms with Crippen molar-refractivity contribution in [1.82, 2.24) is 0 Å². The number of alkyl halides is 3. The SMILES string of the molecule is C/C=C/CCC1CCC(C2CCC(CCc3cc(F)c(C(F)(F)Cl)c(F)c3)CC2)CC1. The van der Waals surface area contributed by atoms with Gasteiger partial charge in [0.25, 0.3) is 0 Å². The molecule has 0 spiro atoms. The van der Waals surface area contributed by atoms with E-state index in [1.165, 1.54) is 51.4 Å². The summed E-state index contributed by atoms with van der Waals surface area (Å²) in [6.45, 7) is 2.09. The summed E-state index contributed by atoms with van der Waals surface area (Å²) in [6.07, 6.45) is 18.6. The van der Waals surface area contributed by atoms with Gasteiger partial charge >= 0.3 is 5.38 Å². The van der Waals surface area contributed by atoms with E-state index in [2.05, 4.69) is 19.1 Å². The van der Waals surface area contributed by atoms with Crippen LogP contribution in [0.1, 0.15) is 88.7 Å². The summed E-state index contributed by atoms with van der Waals surface area (Å²) >= 11 is 4.82. The molecule has 2 saturated carbocycles. The molecular formula is C26H35ClF4. The molecule has 2 fully saturated rings. The van der Waals surface area contributed by atoms with Gasteiger partial charge in [0.2, 0.25) is 0 Å². The van der Waals surface area contributed by atoms with Crippen LogP contribution >= 0.6 is 11.6 Å². The van der Waals surface area contributed by atoms with Gasteiger partial charge in [0, 0.05) is 0 Å². The van der Waals surface area contributed by atoms with Crippen molar-refractivity contribution >= 4 is 11.6 Å². The van der Waals surface area contributed by atoms with Crippen molar-refractivity contribution in [2.45, 2.75) is 89.4 Å². The largest absolute Gasteiger partial charge is 0.353 e. The lowest BCUT2D eigenvalue weighted by Gasteiger charge is -2.38. The van der Waals surface area contributed by atoms with Gasteiger partial charge in [-0.1, -0.05) is 37.8 Å². The predicted molar refractivity (Wildman–Crippen MR) is 119 cm³/mol. The highest BCUT2D eigenvalue weighted by Gasteiger charge is 2.35. The Balaban J connectivity index is 1.41. The molecule has 0 heterocycles. The fourth-order valence-electron chi connectivity index (χ4n) is 5.81. The van der Waals surface area contributed by atoms with E-state index in [4.69, 9.17) is 11.6 Å². The van der Waals surface area contributed by atoms with Crippen LogP contribution < -0.4 is 0 Å². The smallest absolute Gasteiger partial charge is 0.206 e. The van der Waals surface area contributed by atoms with Crippen molar-refractivity contribution in [3.63, 3.8) is 0 Å². The highest BCUT2D eigenvalue weighted by molar-refractivity contribution is 6.21. The van der Waals surface area contributed by atoms with Gasteiger partial charge in [-0.2, -0.15) is 8.78 Å². The van der Waals surface area contributed by atoms with Gasteiger partial charge in [0.1, 0.15) is 17.2 Å². The molecule has 3 rings (SSSR count). The molecule has 0 aromatic heterocycles. The third-order valence-corrected chi connectivity index (χ3v) is 7.84. The summed E-state index contributed by atoms with van der Waals surface area (Å²) in [5, 5.41) is -4.03. The molecule has 31 heavy (non-hydrogen) atoms. The first-order valence-electron chi connectivity index (χ1n) is 11.9. The average molecular weight is 459 g/mol. The Labute approximate surface area is 189 Å². The Morgan fingerprint density at radius 2 is 1.35 bits per heavy atom. The molecule has 0 bridgehead atoms. The predicted octanol–water partition coefficient (Wildman–Crippen LogP) is 9.15. The lowest BCUT2D eigenvalue weighted by molar-refractivity contribution is 0.0858. The third kappa shape index (κ3) is 6.97. The molecule has 2 aliphatic rings. The Bertz CT molecular complexity index is 700. The zero-order chi connectivity index (χ0) is 22.4. The van der Waals surface area contributed by atoms with E-state index in [-0.39, 0.29) is 0 Å². The van der Waals surface area contributed by atoms with Crippen molar-refractivity contribution in [2.24, 2.45) is 23.7 Å². The number of rotatable bonds is 8. The van der Waals surface area contributed by atoms with E-state index in [0.29, 0.717) is 17.9 Å². The summed E-state index contributed by atoms with van der Waals surface area (Å²) in [5.41, 5.74) is -0.923. The van der Waals surface area contributed by atoms with Gasteiger partial charge < -0.3 is 0 Å². The molecule has 174 valence electrons. The van der Waals surface area contributed by atoms with Crippen LogP contribution in [0, 0.1) is 35.3 Å². The van der Waals surface area contributed by atoms with Crippen LogP contribution in [0.15, 0.2) is 24.3 Å². The topological polar surface area (TPSA) is 0 Å². The van der Waals surface area contributed by atoms with Crippen LogP contribution in [-0.2, 0) is 11.8 Å². The fourth-order valence-corrected chi connectivity index (χ4v) is 5.99. The van der Waals surface area contributed by atoms with E-state index in [0.717, 1.165) is 49.1 Å². The number of allylic oxidation sites excluding steroid dienone is 2. The maximum atomic E-state index is 13.9. The molecule has 0 radical (unpaired) electrons. The minimum absolute atomic E-state index is 0.429. The van der Waals surface area contributed by atoms with Crippen molar-refractivity contribution in [1.29, 1.82) is 0 Å². The highest BCUT2D eigenvalue weighted by Crippen LogP contribution is 2.43. The number of benzene rings is 1. The first-order valence-corrected chi connectivity index (χ1v) is 12.3. The molecule has 0 N–H and O–H groups in total. The highest BCUT2D eigenvalue weighted by atomic mass is 35.5. The van der Waals surface area contributed by atoms with E-state index in [1.807, 2.05) is 0 Å². The van der Waals surface area contributed by atoms with Crippen LogP contribution in [0.3, 0.4) is 0 Å². The Kier molecular flexibility index (Phi) is 8.90. The third-order valence-electron chi connectivity index (χ3n) is 7.65. The van der Waals surface area contributed by atoms with Crippen molar-refractivity contribution in [2.75, 3.05) is 0 Å². The normalized spacial score (nSPS) is 27.7. The molecule has 0 saturated heterocycles. The average Bonchev–Trinajstić information content (AvgIpc) is 2.72. The minimum atomic E-state index is -4.03. The summed E-state index contributed by atoms with van der Waals surface area (Å²) in [7, 11) is 0. The molecule has 0 nitrogen and oxygen atoms in total. The number of halogens is 5. The van der Waals surface area contributed by atoms with Gasteiger partial charge in [0.05, 0.1) is 0 Å². The Morgan fingerprint density at radius 3 is 1.81 bits per heavy atom. The van der Waals surface area contributed by atoms with Gasteiger partial charge in [-0.15, -0.1) is 0 Å². The van der Waals surface area contributed by atoms with E-state index >= 15 is 0 Å². The van der Waals surface area contributed by atoms with Crippen LogP contribution in [0.4, 0.5) is 17.6 Å². The zero-order valence-corrected chi connectivity index (χ0v) is 19.2. The number of hydrogen-bond acceptors (Lipinski definition) is 0. The Morgan fingerprint density at radius 1 is 0.871 bits per heavy atom. The fraction of sp³-hybridized carbons (Fsp3) is 0.692. The zero-order valence-electron chi connectivity index (χ0n) is 18.5. The second-order valence-electron chi connectivity index (χ2n) is 9.68. The summed E-state index contributed by atoms with van der Waals surface area (Å²) in [4.78, 5) is 0. The van der Waals surface area contributed by atoms with Crippen LogP contribution in [0.2, 0.25) is 0 Å². The molecule has 2 aliphatic carbocycles. The van der Waals surface area contributed by atoms with Crippen molar-refractivity contribution < 1.29 is 17.6 Å². The standard InChI is InChI=1S/C26H35ClF4/c1-2-3-4-5-18-8-12-21(13-9-18)22-14-10-19(11-15-22)6-7-20-16-23(28)25(24(29)17-20)26(27,30)31/h2-3,16-19,21-22H,4-15H2,1H3/b3-2+. The summed E-state index contributed by atoms with van der Waals surface area (Å²) in [5.74, 6) is 0.614. The van der Waals surface area contributed by atoms with Gasteiger partial charge in [-0.3, -0.25) is 0 Å². The quantitative estimate of drug-likeness (QED) is 0.207. The van der Waals surface area contributed by atoms with Crippen LogP contribution in [0.5, 0.6) is 0 Å². The number of aryl methyl sites for hydroxylation is 1. The lowest BCUT2D eigenvalue weighted by Crippen LogP contribution is -2.26. The summed E-state index contributed by atoms with van der Waals surface area (Å²) in [6, 6.07) is 2.02. The van der Waals surface area contributed by atoms with Crippen molar-refractivity contribution in [3.05, 3.63) is 47.0 Å². The number of hydrogen-bond donors (Lipinski definition) is 0. The second-order valence-corrected chi connectivity index (χ2v) is 10.2. The van der Waals surface area contributed by atoms with Gasteiger partial charge in [0.15, 0.2) is 0 Å². The van der Waals surface area contributed by atoms with Crippen molar-refractivity contribution in [3.8, 4) is 0 Å². The maximum Gasteiger partial charge on any atom is 0.353 e. The molecule has 0 unspecified atom stereocenters. The molecule has 0 amide bonds. The lowest BCUT2D eigenvalue weighted by atomic mass is 9.68. The first kappa shape index (κ1) is 24.6. The Hall–Kier alpha value is -1.03. The minimum Gasteiger partial charge on any atom is -0.206 e. The molecular weight excluding hydrogens is 424 g/mol. The van der Waals surface area contributed by atoms with Gasteiger partial charge in [-0.05, 0) is 111 Å². The summed E-state index contributed by atoms with van der Waals surface area (Å²) < 4.78 is 54.2. The molecule has 0 atom stereocenters. The van der Waals surface area contributed by atoms with Crippen LogP contribution in [-0.4, -0.2) is 0 Å². The second kappa shape index (κ2) is 11.2. The van der Waals surface area contributed by atoms with E-state index < -0.39 is 22.6 Å². The molecule has 1 aromatic rings. The van der Waals surface area contributed by atoms with E-state index in [9.17, 15) is 17.6 Å². The maximum absolute atomic E-state index is 13.9. The molecule has 1 aromatic carbocycles. The molecule has 0 aliphatic heterocycles. The van der Waals surface area contributed by atoms with Gasteiger partial charge in [-0.25, -0.2) is 8.78 Å². The monoisotopic (exact) mass is 458 g/mol. The van der Waals surface area contributed by atoms with Crippen LogP contribution in [0.25, 0.3) is 0 Å². The first-order chi connectivity index (χ1) is 14.8.